The summed E-state index contributed by atoms with van der Waals surface area (Å²) in [4.78, 5) is 20.8. The molecule has 3 nitrogen and oxygen atoms in total. The molecule has 0 fully saturated rings. The average molecular weight is 125 g/mol. The number of hydrogen-bond donors (Lipinski definition) is 1. The molecule has 1 amide bonds. The molecule has 1 aliphatic carbocycles. The Balaban J connectivity index is 2.74. The standard InChI is InChI=1S/C6H7NO2/c7-6(9)4-1-2-5(8)3-4/h3H,1-2H2,(H2,7,9). The van der Waals surface area contributed by atoms with Crippen LogP contribution in [0.5, 0.6) is 0 Å². The van der Waals surface area contributed by atoms with Crippen LogP contribution in [0, 0.1) is 0 Å². The molecule has 0 radical (unpaired) electrons. The molecular formula is C6H7NO2. The first-order valence-corrected chi connectivity index (χ1v) is 2.73. The summed E-state index contributed by atoms with van der Waals surface area (Å²) in [6.45, 7) is 0. The van der Waals surface area contributed by atoms with Gasteiger partial charge in [-0.15, -0.1) is 0 Å². The van der Waals surface area contributed by atoms with Crippen molar-refractivity contribution < 1.29 is 9.59 Å². The van der Waals surface area contributed by atoms with Crippen LogP contribution in [-0.4, -0.2) is 11.7 Å². The number of hydrogen-bond acceptors (Lipinski definition) is 2. The molecule has 0 aromatic heterocycles. The Morgan fingerprint density at radius 1 is 1.56 bits per heavy atom. The highest BCUT2D eigenvalue weighted by Gasteiger charge is 2.14. The molecule has 0 atom stereocenters. The monoisotopic (exact) mass is 125 g/mol. The van der Waals surface area contributed by atoms with Crippen LogP contribution in [0.3, 0.4) is 0 Å². The van der Waals surface area contributed by atoms with Gasteiger partial charge < -0.3 is 5.73 Å². The normalized spacial score (nSPS) is 17.8. The van der Waals surface area contributed by atoms with E-state index in [1.54, 1.807) is 0 Å². The summed E-state index contributed by atoms with van der Waals surface area (Å²) < 4.78 is 0. The first kappa shape index (κ1) is 6.01. The number of amides is 1. The zero-order chi connectivity index (χ0) is 6.85. The van der Waals surface area contributed by atoms with Crippen molar-refractivity contribution in [3.63, 3.8) is 0 Å². The molecule has 0 saturated heterocycles. The van der Waals surface area contributed by atoms with Crippen LogP contribution in [0.1, 0.15) is 12.8 Å². The number of allylic oxidation sites excluding steroid dienone is 1. The van der Waals surface area contributed by atoms with Crippen LogP contribution in [-0.2, 0) is 9.59 Å². The summed E-state index contributed by atoms with van der Waals surface area (Å²) in [5.41, 5.74) is 5.36. The highest BCUT2D eigenvalue weighted by molar-refractivity contribution is 6.04. The van der Waals surface area contributed by atoms with E-state index in [0.717, 1.165) is 0 Å². The van der Waals surface area contributed by atoms with Crippen molar-refractivity contribution in [2.75, 3.05) is 0 Å². The third-order valence-corrected chi connectivity index (χ3v) is 1.29. The lowest BCUT2D eigenvalue weighted by Gasteiger charge is -1.87. The fourth-order valence-electron chi connectivity index (χ4n) is 0.791. The summed E-state index contributed by atoms with van der Waals surface area (Å²) in [5.74, 6) is -0.468. The van der Waals surface area contributed by atoms with Gasteiger partial charge in [0.05, 0.1) is 0 Å². The van der Waals surface area contributed by atoms with E-state index in [1.165, 1.54) is 6.08 Å². The van der Waals surface area contributed by atoms with Gasteiger partial charge in [0.25, 0.3) is 0 Å². The van der Waals surface area contributed by atoms with Crippen molar-refractivity contribution in [2.45, 2.75) is 12.8 Å². The maximum Gasteiger partial charge on any atom is 0.244 e. The van der Waals surface area contributed by atoms with Crippen molar-refractivity contribution in [1.29, 1.82) is 0 Å². The fourth-order valence-corrected chi connectivity index (χ4v) is 0.791. The Labute approximate surface area is 52.5 Å². The lowest BCUT2D eigenvalue weighted by Crippen LogP contribution is -2.11. The molecule has 1 rings (SSSR count). The predicted molar refractivity (Wildman–Crippen MR) is 31.5 cm³/mol. The zero-order valence-corrected chi connectivity index (χ0v) is 4.89. The van der Waals surface area contributed by atoms with Crippen LogP contribution in [0.15, 0.2) is 11.6 Å². The van der Waals surface area contributed by atoms with Crippen LogP contribution >= 0.6 is 0 Å². The molecule has 9 heavy (non-hydrogen) atoms. The maximum absolute atomic E-state index is 10.5. The summed E-state index contributed by atoms with van der Waals surface area (Å²) in [6.07, 6.45) is 2.29. The minimum atomic E-state index is -0.471. The van der Waals surface area contributed by atoms with Crippen LogP contribution < -0.4 is 5.73 Å². The smallest absolute Gasteiger partial charge is 0.244 e. The molecule has 0 aromatic rings. The van der Waals surface area contributed by atoms with E-state index in [0.29, 0.717) is 18.4 Å². The molecule has 3 heteroatoms. The molecule has 0 aromatic carbocycles. The molecule has 0 saturated carbocycles. The van der Waals surface area contributed by atoms with Gasteiger partial charge in [-0.2, -0.15) is 0 Å². The van der Waals surface area contributed by atoms with E-state index in [9.17, 15) is 9.59 Å². The summed E-state index contributed by atoms with van der Waals surface area (Å²) in [7, 11) is 0. The molecule has 1 aliphatic rings. The summed E-state index contributed by atoms with van der Waals surface area (Å²) >= 11 is 0. The fraction of sp³-hybridized carbons (Fsp3) is 0.333. The molecule has 0 aliphatic heterocycles. The Bertz CT molecular complexity index is 193. The lowest BCUT2D eigenvalue weighted by molar-refractivity contribution is -0.115. The molecule has 2 N–H and O–H groups in total. The number of nitrogens with two attached hydrogens (primary N) is 1. The Morgan fingerprint density at radius 3 is 2.44 bits per heavy atom. The number of rotatable bonds is 1. The third-order valence-electron chi connectivity index (χ3n) is 1.29. The van der Waals surface area contributed by atoms with E-state index in [-0.39, 0.29) is 5.78 Å². The lowest BCUT2D eigenvalue weighted by atomic mass is 10.2. The maximum atomic E-state index is 10.5. The van der Waals surface area contributed by atoms with Crippen LogP contribution in [0.2, 0.25) is 0 Å². The zero-order valence-electron chi connectivity index (χ0n) is 4.89. The van der Waals surface area contributed by atoms with Gasteiger partial charge in [-0.3, -0.25) is 9.59 Å². The predicted octanol–water partition coefficient (Wildman–Crippen LogP) is -0.239. The summed E-state index contributed by atoms with van der Waals surface area (Å²) in [5, 5.41) is 0. The first-order chi connectivity index (χ1) is 4.20. The third kappa shape index (κ3) is 1.16. The molecular weight excluding hydrogens is 118 g/mol. The average Bonchev–Trinajstić information content (AvgIpc) is 2.14. The van der Waals surface area contributed by atoms with Crippen molar-refractivity contribution in [3.05, 3.63) is 11.6 Å². The van der Waals surface area contributed by atoms with Gasteiger partial charge in [0.2, 0.25) is 5.91 Å². The second kappa shape index (κ2) is 2.01. The molecule has 0 spiro atoms. The van der Waals surface area contributed by atoms with E-state index in [2.05, 4.69) is 0 Å². The second-order valence-corrected chi connectivity index (χ2v) is 2.00. The van der Waals surface area contributed by atoms with Crippen LogP contribution in [0.4, 0.5) is 0 Å². The van der Waals surface area contributed by atoms with Gasteiger partial charge >= 0.3 is 0 Å². The Hall–Kier alpha value is -1.12. The van der Waals surface area contributed by atoms with E-state index in [1.807, 2.05) is 0 Å². The Morgan fingerprint density at radius 2 is 2.22 bits per heavy atom. The Kier molecular flexibility index (Phi) is 1.34. The molecule has 48 valence electrons. The highest BCUT2D eigenvalue weighted by Crippen LogP contribution is 2.13. The van der Waals surface area contributed by atoms with Gasteiger partial charge in [-0.25, -0.2) is 0 Å². The van der Waals surface area contributed by atoms with Crippen molar-refractivity contribution in [1.82, 2.24) is 0 Å². The van der Waals surface area contributed by atoms with Crippen molar-refractivity contribution >= 4 is 11.7 Å². The first-order valence-electron chi connectivity index (χ1n) is 2.73. The quantitative estimate of drug-likeness (QED) is 0.525. The topological polar surface area (TPSA) is 60.2 Å². The minimum absolute atomic E-state index is 0.00352. The van der Waals surface area contributed by atoms with E-state index < -0.39 is 5.91 Å². The van der Waals surface area contributed by atoms with Crippen molar-refractivity contribution in [3.8, 4) is 0 Å². The molecule has 0 bridgehead atoms. The van der Waals surface area contributed by atoms with Gasteiger partial charge in [0, 0.05) is 12.0 Å². The number of ketones is 1. The number of carbonyl (C=O) groups excluding carboxylic acids is 2. The van der Waals surface area contributed by atoms with Gasteiger partial charge in [-0.1, -0.05) is 0 Å². The SMILES string of the molecule is NC(=O)C1=CC(=O)CC1. The van der Waals surface area contributed by atoms with Gasteiger partial charge in [-0.05, 0) is 12.5 Å². The van der Waals surface area contributed by atoms with Gasteiger partial charge in [0.1, 0.15) is 0 Å². The van der Waals surface area contributed by atoms with Crippen molar-refractivity contribution in [2.24, 2.45) is 5.73 Å². The van der Waals surface area contributed by atoms with Gasteiger partial charge in [0.15, 0.2) is 5.78 Å². The molecule has 0 unspecified atom stereocenters. The minimum Gasteiger partial charge on any atom is -0.366 e. The van der Waals surface area contributed by atoms with E-state index >= 15 is 0 Å². The number of primary amides is 1. The highest BCUT2D eigenvalue weighted by atomic mass is 16.1. The number of carbonyl (C=O) groups is 2. The van der Waals surface area contributed by atoms with Crippen LogP contribution in [0.25, 0.3) is 0 Å². The second-order valence-electron chi connectivity index (χ2n) is 2.00. The molecule has 0 heterocycles. The largest absolute Gasteiger partial charge is 0.366 e. The summed E-state index contributed by atoms with van der Waals surface area (Å²) in [6, 6.07) is 0. The van der Waals surface area contributed by atoms with E-state index in [4.69, 9.17) is 5.73 Å².